The molecular weight excluding hydrogens is 364 g/mol. The fourth-order valence-electron chi connectivity index (χ4n) is 3.25. The van der Waals surface area contributed by atoms with Crippen LogP contribution in [0.3, 0.4) is 0 Å². The van der Waals surface area contributed by atoms with Crippen LogP contribution >= 0.6 is 0 Å². The molecule has 7 heteroatoms. The number of rotatable bonds is 10. The summed E-state index contributed by atoms with van der Waals surface area (Å²) >= 11 is 0. The Kier molecular flexibility index (Phi) is 7.92. The summed E-state index contributed by atoms with van der Waals surface area (Å²) in [7, 11) is 3.07. The highest BCUT2D eigenvalue weighted by Gasteiger charge is 2.22. The Balaban J connectivity index is 2.52. The molecule has 0 saturated carbocycles. The van der Waals surface area contributed by atoms with Gasteiger partial charge in [-0.05, 0) is 30.0 Å². The predicted molar refractivity (Wildman–Crippen MR) is 105 cm³/mol. The van der Waals surface area contributed by atoms with Crippen LogP contribution in [0.25, 0.3) is 11.1 Å². The van der Waals surface area contributed by atoms with E-state index in [1.807, 2.05) is 13.0 Å². The molecule has 0 aromatic heterocycles. The minimum Gasteiger partial charge on any atom is -0.508 e. The average Bonchev–Trinajstić information content (AvgIpc) is 2.70. The predicted octanol–water partition coefficient (Wildman–Crippen LogP) is 2.26. The monoisotopic (exact) mass is 392 g/mol. The molecular formula is C21H28O7. The summed E-state index contributed by atoms with van der Waals surface area (Å²) in [5.74, 6) is 0.937. The zero-order chi connectivity index (χ0) is 20.7. The molecule has 0 heterocycles. The molecule has 154 valence electrons. The first-order valence-corrected chi connectivity index (χ1v) is 9.13. The maximum absolute atomic E-state index is 10.6. The van der Waals surface area contributed by atoms with Crippen molar-refractivity contribution in [2.45, 2.75) is 25.9 Å². The van der Waals surface area contributed by atoms with Crippen LogP contribution in [0.2, 0.25) is 0 Å². The Morgan fingerprint density at radius 2 is 1.79 bits per heavy atom. The third-order valence-corrected chi connectivity index (χ3v) is 4.55. The molecule has 0 fully saturated rings. The summed E-state index contributed by atoms with van der Waals surface area (Å²) in [6.07, 6.45) is 0.0000695. The first-order chi connectivity index (χ1) is 13.5. The molecule has 1 unspecified atom stereocenters. The van der Waals surface area contributed by atoms with Crippen molar-refractivity contribution in [3.63, 3.8) is 0 Å². The molecule has 0 aliphatic carbocycles. The third-order valence-electron chi connectivity index (χ3n) is 4.55. The van der Waals surface area contributed by atoms with Gasteiger partial charge in [0.25, 0.3) is 0 Å². The quantitative estimate of drug-likeness (QED) is 0.459. The van der Waals surface area contributed by atoms with E-state index in [1.165, 1.54) is 20.3 Å². The lowest BCUT2D eigenvalue weighted by Gasteiger charge is -2.20. The Bertz CT molecular complexity index is 789. The molecule has 4 N–H and O–H groups in total. The van der Waals surface area contributed by atoms with Gasteiger partial charge in [-0.25, -0.2) is 0 Å². The number of methoxy groups -OCH3 is 2. The molecule has 2 aromatic carbocycles. The number of aliphatic hydroxyl groups is 2. The van der Waals surface area contributed by atoms with Crippen molar-refractivity contribution < 1.29 is 34.6 Å². The number of aliphatic hydroxyl groups excluding tert-OH is 2. The number of ether oxygens (including phenoxy) is 3. The number of hydrogen-bond donors (Lipinski definition) is 4. The fourth-order valence-corrected chi connectivity index (χ4v) is 3.25. The van der Waals surface area contributed by atoms with Gasteiger partial charge in [0.1, 0.15) is 17.6 Å². The van der Waals surface area contributed by atoms with E-state index < -0.39 is 6.10 Å². The van der Waals surface area contributed by atoms with Crippen molar-refractivity contribution in [2.24, 2.45) is 0 Å². The number of benzene rings is 2. The molecule has 0 bridgehead atoms. The van der Waals surface area contributed by atoms with Gasteiger partial charge in [0, 0.05) is 17.2 Å². The first-order valence-electron chi connectivity index (χ1n) is 9.13. The standard InChI is InChI=1S/C21H28O7/c1-4-14-15(8-9-28-12-13(23)11-22)20(18(25)10-17(14)24)16-6-5-7-19(26-2)21(16)27-3/h5-7,10,13,22-25H,4,8-9,11-12H2,1-3H3. The van der Waals surface area contributed by atoms with Gasteiger partial charge in [-0.2, -0.15) is 0 Å². The molecule has 0 aliphatic rings. The summed E-state index contributed by atoms with van der Waals surface area (Å²) in [6.45, 7) is 1.78. The van der Waals surface area contributed by atoms with Crippen molar-refractivity contribution in [3.05, 3.63) is 35.4 Å². The van der Waals surface area contributed by atoms with Crippen molar-refractivity contribution in [3.8, 4) is 34.1 Å². The lowest BCUT2D eigenvalue weighted by Crippen LogP contribution is -2.20. The zero-order valence-corrected chi connectivity index (χ0v) is 16.4. The average molecular weight is 392 g/mol. The Hall–Kier alpha value is -2.48. The Morgan fingerprint density at radius 1 is 1.04 bits per heavy atom. The molecule has 2 rings (SSSR count). The van der Waals surface area contributed by atoms with Crippen LogP contribution < -0.4 is 9.47 Å². The summed E-state index contributed by atoms with van der Waals surface area (Å²) in [4.78, 5) is 0. The van der Waals surface area contributed by atoms with Gasteiger partial charge in [-0.1, -0.05) is 19.1 Å². The minimum atomic E-state index is -0.943. The summed E-state index contributed by atoms with van der Waals surface area (Å²) in [5.41, 5.74) is 2.60. The van der Waals surface area contributed by atoms with Crippen LogP contribution in [-0.2, 0) is 17.6 Å². The van der Waals surface area contributed by atoms with Crippen LogP contribution in [-0.4, -0.2) is 60.6 Å². The van der Waals surface area contributed by atoms with Gasteiger partial charge in [-0.3, -0.25) is 0 Å². The lowest BCUT2D eigenvalue weighted by molar-refractivity contribution is 0.00720. The second kappa shape index (κ2) is 10.2. The SMILES string of the molecule is CCc1c(O)cc(O)c(-c2cccc(OC)c2OC)c1CCOCC(O)CO. The van der Waals surface area contributed by atoms with E-state index in [-0.39, 0.29) is 31.3 Å². The second-order valence-corrected chi connectivity index (χ2v) is 6.30. The summed E-state index contributed by atoms with van der Waals surface area (Å²) in [5, 5.41) is 39.3. The Labute approximate surface area is 164 Å². The molecule has 1 atom stereocenters. The van der Waals surface area contributed by atoms with Crippen LogP contribution in [0, 0.1) is 0 Å². The largest absolute Gasteiger partial charge is 0.508 e. The van der Waals surface area contributed by atoms with Gasteiger partial charge < -0.3 is 34.6 Å². The van der Waals surface area contributed by atoms with Crippen molar-refractivity contribution in [2.75, 3.05) is 34.0 Å². The van der Waals surface area contributed by atoms with Crippen molar-refractivity contribution in [1.82, 2.24) is 0 Å². The summed E-state index contributed by atoms with van der Waals surface area (Å²) < 4.78 is 16.3. The number of para-hydroxylation sites is 1. The molecule has 0 spiro atoms. The van der Waals surface area contributed by atoms with Crippen LogP contribution in [0.1, 0.15) is 18.1 Å². The third kappa shape index (κ3) is 4.67. The highest BCUT2D eigenvalue weighted by molar-refractivity contribution is 5.82. The van der Waals surface area contributed by atoms with E-state index in [1.54, 1.807) is 12.1 Å². The van der Waals surface area contributed by atoms with Crippen molar-refractivity contribution in [1.29, 1.82) is 0 Å². The maximum atomic E-state index is 10.6. The summed E-state index contributed by atoms with van der Waals surface area (Å²) in [6, 6.07) is 6.70. The van der Waals surface area contributed by atoms with E-state index in [9.17, 15) is 15.3 Å². The highest BCUT2D eigenvalue weighted by Crippen LogP contribution is 2.46. The van der Waals surface area contributed by atoms with Gasteiger partial charge in [0.2, 0.25) is 0 Å². The lowest BCUT2D eigenvalue weighted by atomic mass is 9.90. The van der Waals surface area contributed by atoms with E-state index in [0.717, 1.165) is 5.56 Å². The van der Waals surface area contributed by atoms with Crippen LogP contribution in [0.4, 0.5) is 0 Å². The fraction of sp³-hybridized carbons (Fsp3) is 0.429. The number of phenolic OH excluding ortho intramolecular Hbond substituents is 2. The van der Waals surface area contributed by atoms with E-state index >= 15 is 0 Å². The molecule has 0 aliphatic heterocycles. The van der Waals surface area contributed by atoms with E-state index in [0.29, 0.717) is 41.0 Å². The van der Waals surface area contributed by atoms with E-state index in [4.69, 9.17) is 19.3 Å². The van der Waals surface area contributed by atoms with E-state index in [2.05, 4.69) is 0 Å². The molecule has 7 nitrogen and oxygen atoms in total. The molecule has 28 heavy (non-hydrogen) atoms. The molecule has 0 amide bonds. The molecule has 0 radical (unpaired) electrons. The van der Waals surface area contributed by atoms with Gasteiger partial charge in [-0.15, -0.1) is 0 Å². The maximum Gasteiger partial charge on any atom is 0.168 e. The van der Waals surface area contributed by atoms with Crippen molar-refractivity contribution >= 4 is 0 Å². The Morgan fingerprint density at radius 3 is 2.39 bits per heavy atom. The molecule has 0 saturated heterocycles. The number of phenols is 2. The normalized spacial score (nSPS) is 12.0. The van der Waals surface area contributed by atoms with Gasteiger partial charge in [0.15, 0.2) is 11.5 Å². The van der Waals surface area contributed by atoms with Crippen LogP contribution in [0.15, 0.2) is 24.3 Å². The highest BCUT2D eigenvalue weighted by atomic mass is 16.5. The topological polar surface area (TPSA) is 109 Å². The van der Waals surface area contributed by atoms with Gasteiger partial charge >= 0.3 is 0 Å². The zero-order valence-electron chi connectivity index (χ0n) is 16.4. The van der Waals surface area contributed by atoms with Gasteiger partial charge in [0.05, 0.1) is 34.0 Å². The number of aromatic hydroxyl groups is 2. The van der Waals surface area contributed by atoms with Crippen LogP contribution in [0.5, 0.6) is 23.0 Å². The second-order valence-electron chi connectivity index (χ2n) is 6.30. The minimum absolute atomic E-state index is 0.000566. The first kappa shape index (κ1) is 21.8. The smallest absolute Gasteiger partial charge is 0.168 e. The molecule has 2 aromatic rings. The number of hydrogen-bond acceptors (Lipinski definition) is 7.